The van der Waals surface area contributed by atoms with Gasteiger partial charge in [0.1, 0.15) is 6.04 Å². The summed E-state index contributed by atoms with van der Waals surface area (Å²) in [4.78, 5) is 41.3. The van der Waals surface area contributed by atoms with Crippen molar-refractivity contribution in [3.63, 3.8) is 0 Å². The van der Waals surface area contributed by atoms with Gasteiger partial charge in [0.15, 0.2) is 0 Å². The summed E-state index contributed by atoms with van der Waals surface area (Å²) in [6.45, 7) is 2.87. The zero-order valence-corrected chi connectivity index (χ0v) is 18.1. The fourth-order valence-corrected chi connectivity index (χ4v) is 5.77. The van der Waals surface area contributed by atoms with Crippen LogP contribution in [-0.4, -0.2) is 69.4 Å². The van der Waals surface area contributed by atoms with Crippen molar-refractivity contribution in [1.82, 2.24) is 19.7 Å². The molecule has 5 rings (SSSR count). The van der Waals surface area contributed by atoms with Gasteiger partial charge in [-0.25, -0.2) is 0 Å². The van der Waals surface area contributed by atoms with Crippen LogP contribution >= 0.6 is 11.8 Å². The molecule has 1 aromatic heterocycles. The molecule has 4 heterocycles. The third kappa shape index (κ3) is 3.84. The van der Waals surface area contributed by atoms with Crippen LogP contribution in [0.1, 0.15) is 29.6 Å². The molecule has 0 aliphatic carbocycles. The van der Waals surface area contributed by atoms with Crippen LogP contribution in [0.4, 0.5) is 4.79 Å². The molecule has 3 amide bonds. The third-order valence-electron chi connectivity index (χ3n) is 6.85. The Kier molecular flexibility index (Phi) is 5.25. The minimum absolute atomic E-state index is 0.0365. The van der Waals surface area contributed by atoms with Gasteiger partial charge in [0.2, 0.25) is 5.91 Å². The fourth-order valence-electron chi connectivity index (χ4n) is 5.00. The first-order valence-electron chi connectivity index (χ1n) is 10.8. The van der Waals surface area contributed by atoms with Gasteiger partial charge in [-0.15, -0.1) is 0 Å². The van der Waals surface area contributed by atoms with Crippen LogP contribution in [0.15, 0.2) is 48.8 Å². The SMILES string of the molecule is O=C1N[C@H](C(=O)N2CCC3(CCN(C(=O)c4ccccc4-n4cccc4)CC3)C2)CS1. The molecule has 1 N–H and O–H groups in total. The number of piperidine rings is 1. The van der Waals surface area contributed by atoms with Crippen molar-refractivity contribution in [1.29, 1.82) is 0 Å². The standard InChI is InChI=1S/C23H26N4O3S/c28-20(17-5-1-2-6-19(17)25-10-3-4-11-25)26-12-7-23(8-13-26)9-14-27(16-23)21(29)18-15-31-22(30)24-18/h1-6,10-11,18H,7-9,12-16H2,(H,24,30)/t18-/m0/s1. The summed E-state index contributed by atoms with van der Waals surface area (Å²) in [6, 6.07) is 11.2. The number of carbonyl (C=O) groups excluding carboxylic acids is 3. The summed E-state index contributed by atoms with van der Waals surface area (Å²) in [5.74, 6) is 0.620. The van der Waals surface area contributed by atoms with E-state index in [0.717, 1.165) is 38.0 Å². The number of thioether (sulfide) groups is 1. The Bertz CT molecular complexity index is 998. The molecule has 1 aromatic carbocycles. The Balaban J connectivity index is 1.23. The highest BCUT2D eigenvalue weighted by atomic mass is 32.2. The van der Waals surface area contributed by atoms with Crippen molar-refractivity contribution in [2.75, 3.05) is 31.9 Å². The molecule has 3 aliphatic rings. The van der Waals surface area contributed by atoms with Crippen molar-refractivity contribution in [2.24, 2.45) is 5.41 Å². The van der Waals surface area contributed by atoms with Crippen molar-refractivity contribution in [3.05, 3.63) is 54.4 Å². The molecule has 1 spiro atoms. The van der Waals surface area contributed by atoms with Crippen molar-refractivity contribution >= 4 is 28.8 Å². The van der Waals surface area contributed by atoms with Gasteiger partial charge in [0.05, 0.1) is 11.3 Å². The first kappa shape index (κ1) is 20.2. The maximum absolute atomic E-state index is 13.3. The van der Waals surface area contributed by atoms with Gasteiger partial charge >= 0.3 is 0 Å². The smallest absolute Gasteiger partial charge is 0.279 e. The van der Waals surface area contributed by atoms with E-state index in [2.05, 4.69) is 5.32 Å². The second-order valence-electron chi connectivity index (χ2n) is 8.70. The number of aromatic nitrogens is 1. The van der Waals surface area contributed by atoms with E-state index < -0.39 is 0 Å². The molecule has 0 bridgehead atoms. The number of amides is 3. The zero-order chi connectivity index (χ0) is 21.4. The van der Waals surface area contributed by atoms with Crippen LogP contribution in [0.2, 0.25) is 0 Å². The molecule has 3 aliphatic heterocycles. The van der Waals surface area contributed by atoms with E-state index in [0.29, 0.717) is 24.4 Å². The maximum atomic E-state index is 13.3. The summed E-state index contributed by atoms with van der Waals surface area (Å²) in [6.07, 6.45) is 6.67. The number of rotatable bonds is 3. The number of carbonyl (C=O) groups is 3. The van der Waals surface area contributed by atoms with Crippen molar-refractivity contribution in [3.8, 4) is 5.69 Å². The Labute approximate surface area is 185 Å². The number of hydrogen-bond donors (Lipinski definition) is 1. The van der Waals surface area contributed by atoms with Crippen LogP contribution in [0.3, 0.4) is 0 Å². The first-order valence-corrected chi connectivity index (χ1v) is 11.8. The van der Waals surface area contributed by atoms with Gasteiger partial charge in [0.25, 0.3) is 11.1 Å². The molecule has 162 valence electrons. The quantitative estimate of drug-likeness (QED) is 0.800. The van der Waals surface area contributed by atoms with Crippen LogP contribution < -0.4 is 5.32 Å². The molecule has 3 fully saturated rings. The highest BCUT2D eigenvalue weighted by molar-refractivity contribution is 8.14. The van der Waals surface area contributed by atoms with Crippen LogP contribution in [-0.2, 0) is 4.79 Å². The van der Waals surface area contributed by atoms with Gasteiger partial charge < -0.3 is 19.7 Å². The monoisotopic (exact) mass is 438 g/mol. The Morgan fingerprint density at radius 3 is 2.32 bits per heavy atom. The number of benzene rings is 1. The number of nitrogens with zero attached hydrogens (tertiary/aromatic N) is 3. The van der Waals surface area contributed by atoms with Gasteiger partial charge in [-0.2, -0.15) is 0 Å². The summed E-state index contributed by atoms with van der Waals surface area (Å²) in [5.41, 5.74) is 1.70. The van der Waals surface area contributed by atoms with E-state index in [-0.39, 0.29) is 28.5 Å². The lowest BCUT2D eigenvalue weighted by Crippen LogP contribution is -2.47. The second-order valence-corrected chi connectivity index (χ2v) is 9.70. The molecule has 1 atom stereocenters. The Morgan fingerprint density at radius 1 is 0.968 bits per heavy atom. The topological polar surface area (TPSA) is 74.7 Å². The molecular weight excluding hydrogens is 412 g/mol. The van der Waals surface area contributed by atoms with Gasteiger partial charge in [-0.3, -0.25) is 14.4 Å². The lowest BCUT2D eigenvalue weighted by atomic mass is 9.77. The highest BCUT2D eigenvalue weighted by Crippen LogP contribution is 2.41. The fraction of sp³-hybridized carbons (Fsp3) is 0.435. The van der Waals surface area contributed by atoms with Crippen molar-refractivity contribution < 1.29 is 14.4 Å². The molecule has 0 saturated carbocycles. The van der Waals surface area contributed by atoms with Crippen LogP contribution in [0.5, 0.6) is 0 Å². The van der Waals surface area contributed by atoms with E-state index in [9.17, 15) is 14.4 Å². The molecular formula is C23H26N4O3S. The van der Waals surface area contributed by atoms with Gasteiger partial charge in [0, 0.05) is 44.3 Å². The van der Waals surface area contributed by atoms with E-state index in [1.54, 1.807) is 0 Å². The predicted octanol–water partition coefficient (Wildman–Crippen LogP) is 2.76. The van der Waals surface area contributed by atoms with Crippen LogP contribution in [0.25, 0.3) is 5.69 Å². The minimum Gasteiger partial charge on any atom is -0.340 e. The normalized spacial score (nSPS) is 22.7. The minimum atomic E-state index is -0.389. The molecule has 8 heteroatoms. The number of likely N-dealkylation sites (tertiary alicyclic amines) is 2. The second kappa shape index (κ2) is 8.07. The van der Waals surface area contributed by atoms with Gasteiger partial charge in [-0.05, 0) is 48.9 Å². The lowest BCUT2D eigenvalue weighted by molar-refractivity contribution is -0.132. The molecule has 0 radical (unpaired) electrons. The number of para-hydroxylation sites is 1. The largest absolute Gasteiger partial charge is 0.340 e. The van der Waals surface area contributed by atoms with E-state index in [4.69, 9.17) is 0 Å². The maximum Gasteiger partial charge on any atom is 0.279 e. The average Bonchev–Trinajstić information content (AvgIpc) is 3.55. The Hall–Kier alpha value is -2.74. The molecule has 31 heavy (non-hydrogen) atoms. The summed E-state index contributed by atoms with van der Waals surface area (Å²) < 4.78 is 1.97. The first-order chi connectivity index (χ1) is 15.0. The Morgan fingerprint density at radius 2 is 1.65 bits per heavy atom. The number of nitrogens with one attached hydrogen (secondary N) is 1. The third-order valence-corrected chi connectivity index (χ3v) is 7.73. The molecule has 2 aromatic rings. The summed E-state index contributed by atoms with van der Waals surface area (Å²) >= 11 is 1.18. The summed E-state index contributed by atoms with van der Waals surface area (Å²) in [5, 5.41) is 2.64. The average molecular weight is 439 g/mol. The van der Waals surface area contributed by atoms with Crippen molar-refractivity contribution in [2.45, 2.75) is 25.3 Å². The van der Waals surface area contributed by atoms with E-state index in [1.807, 2.05) is 63.2 Å². The zero-order valence-electron chi connectivity index (χ0n) is 17.3. The number of hydrogen-bond acceptors (Lipinski definition) is 4. The molecule has 3 saturated heterocycles. The van der Waals surface area contributed by atoms with Crippen LogP contribution in [0, 0.1) is 5.41 Å². The molecule has 0 unspecified atom stereocenters. The highest BCUT2D eigenvalue weighted by Gasteiger charge is 2.44. The van der Waals surface area contributed by atoms with Gasteiger partial charge in [-0.1, -0.05) is 23.9 Å². The van der Waals surface area contributed by atoms with E-state index >= 15 is 0 Å². The molecule has 7 nitrogen and oxygen atoms in total. The summed E-state index contributed by atoms with van der Waals surface area (Å²) in [7, 11) is 0. The lowest BCUT2D eigenvalue weighted by Gasteiger charge is -2.39. The predicted molar refractivity (Wildman–Crippen MR) is 119 cm³/mol. The van der Waals surface area contributed by atoms with E-state index in [1.165, 1.54) is 11.8 Å².